The fraction of sp³-hybridized carbons (Fsp3) is 0.350. The predicted octanol–water partition coefficient (Wildman–Crippen LogP) is 2.32. The second-order valence-corrected chi connectivity index (χ2v) is 8.45. The molecule has 1 amide bonds. The van der Waals surface area contributed by atoms with Crippen molar-refractivity contribution in [3.8, 4) is 11.5 Å². The number of para-hydroxylation sites is 3. The molecule has 1 N–H and O–H groups in total. The number of amides is 1. The number of sulfonamides is 1. The van der Waals surface area contributed by atoms with E-state index in [1.54, 1.807) is 31.2 Å². The van der Waals surface area contributed by atoms with Gasteiger partial charge in [0.1, 0.15) is 11.5 Å². The third-order valence-corrected chi connectivity index (χ3v) is 6.20. The number of carbonyl (C=O) groups is 1. The van der Waals surface area contributed by atoms with Crippen molar-refractivity contribution in [3.05, 3.63) is 54.1 Å². The van der Waals surface area contributed by atoms with Gasteiger partial charge < -0.3 is 14.8 Å². The molecular formula is C20H24N2O5S. The monoisotopic (exact) mass is 404 g/mol. The van der Waals surface area contributed by atoms with Crippen molar-refractivity contribution in [2.45, 2.75) is 26.5 Å². The van der Waals surface area contributed by atoms with Gasteiger partial charge in [-0.1, -0.05) is 30.3 Å². The number of rotatable bonds is 7. The van der Waals surface area contributed by atoms with E-state index in [1.807, 2.05) is 31.2 Å². The summed E-state index contributed by atoms with van der Waals surface area (Å²) in [6.07, 6.45) is -0.935. The molecule has 0 aromatic heterocycles. The largest absolute Gasteiger partial charge is 0.494 e. The van der Waals surface area contributed by atoms with Crippen LogP contribution in [0.1, 0.15) is 19.4 Å². The maximum Gasteiger partial charge on any atom is 0.263 e. The Kier molecular flexibility index (Phi) is 6.08. The number of hydrogen-bond donors (Lipinski definition) is 1. The van der Waals surface area contributed by atoms with Crippen molar-refractivity contribution < 1.29 is 22.7 Å². The molecule has 2 aromatic carbocycles. The van der Waals surface area contributed by atoms with Crippen LogP contribution in [0, 0.1) is 0 Å². The van der Waals surface area contributed by atoms with E-state index in [2.05, 4.69) is 5.32 Å². The second-order valence-electron chi connectivity index (χ2n) is 6.26. The second kappa shape index (κ2) is 8.52. The Balaban J connectivity index is 1.76. The molecule has 1 aliphatic rings. The van der Waals surface area contributed by atoms with Crippen LogP contribution in [0.2, 0.25) is 0 Å². The van der Waals surface area contributed by atoms with E-state index in [9.17, 15) is 13.2 Å². The fourth-order valence-corrected chi connectivity index (χ4v) is 4.13. The minimum Gasteiger partial charge on any atom is -0.494 e. The lowest BCUT2D eigenvalue weighted by molar-refractivity contribution is -0.127. The van der Waals surface area contributed by atoms with Gasteiger partial charge in [0.25, 0.3) is 5.91 Å². The Labute approximate surface area is 165 Å². The number of benzene rings is 2. The van der Waals surface area contributed by atoms with Gasteiger partial charge in [-0.15, -0.1) is 0 Å². The molecule has 28 heavy (non-hydrogen) atoms. The van der Waals surface area contributed by atoms with Gasteiger partial charge >= 0.3 is 0 Å². The van der Waals surface area contributed by atoms with Crippen LogP contribution in [-0.2, 0) is 21.4 Å². The van der Waals surface area contributed by atoms with Crippen molar-refractivity contribution in [3.63, 3.8) is 0 Å². The molecule has 150 valence electrons. The zero-order valence-electron chi connectivity index (χ0n) is 15.9. The molecular weight excluding hydrogens is 380 g/mol. The van der Waals surface area contributed by atoms with E-state index in [0.29, 0.717) is 23.8 Å². The number of carbonyl (C=O) groups excluding carboxylic acids is 1. The number of fused-ring (bicyclic) bond motifs is 1. The molecule has 0 radical (unpaired) electrons. The number of ether oxygens (including phenoxy) is 2. The molecule has 2 aromatic rings. The van der Waals surface area contributed by atoms with Gasteiger partial charge in [0.2, 0.25) is 10.0 Å². The van der Waals surface area contributed by atoms with Gasteiger partial charge in [-0.3, -0.25) is 9.10 Å². The molecule has 1 aliphatic heterocycles. The molecule has 1 heterocycles. The minimum absolute atomic E-state index is 0.0581. The van der Waals surface area contributed by atoms with Crippen LogP contribution in [0.4, 0.5) is 5.69 Å². The maximum absolute atomic E-state index is 12.7. The van der Waals surface area contributed by atoms with Crippen molar-refractivity contribution in [1.82, 2.24) is 5.32 Å². The smallest absolute Gasteiger partial charge is 0.263 e. The summed E-state index contributed by atoms with van der Waals surface area (Å²) in [4.78, 5) is 12.7. The highest BCUT2D eigenvalue weighted by molar-refractivity contribution is 7.92. The topological polar surface area (TPSA) is 84.9 Å². The van der Waals surface area contributed by atoms with Crippen LogP contribution in [0.15, 0.2) is 48.5 Å². The zero-order valence-corrected chi connectivity index (χ0v) is 16.7. The number of nitrogens with one attached hydrogen (secondary N) is 1. The average Bonchev–Trinajstić information content (AvgIpc) is 2.72. The highest BCUT2D eigenvalue weighted by Crippen LogP contribution is 2.35. The van der Waals surface area contributed by atoms with E-state index >= 15 is 0 Å². The zero-order chi connectivity index (χ0) is 20.1. The van der Waals surface area contributed by atoms with Crippen LogP contribution in [0.25, 0.3) is 0 Å². The van der Waals surface area contributed by atoms with E-state index in [-0.39, 0.29) is 24.7 Å². The van der Waals surface area contributed by atoms with Crippen LogP contribution in [0.5, 0.6) is 11.5 Å². The summed E-state index contributed by atoms with van der Waals surface area (Å²) in [5, 5.41) is 2.82. The van der Waals surface area contributed by atoms with Crippen LogP contribution in [-0.4, -0.2) is 39.3 Å². The summed E-state index contributed by atoms with van der Waals surface area (Å²) in [6, 6.07) is 14.3. The Hall–Kier alpha value is -2.74. The molecule has 0 saturated heterocycles. The SMILES string of the molecule is CCOc1ccccc1CNC(=O)[C@H]1CN(S(=O)(=O)CC)c2ccccc2O1. The number of nitrogens with zero attached hydrogens (tertiary/aromatic N) is 1. The first-order valence-corrected chi connectivity index (χ1v) is 10.8. The lowest BCUT2D eigenvalue weighted by Gasteiger charge is -2.34. The lowest BCUT2D eigenvalue weighted by Crippen LogP contribution is -2.50. The molecule has 0 spiro atoms. The first-order valence-electron chi connectivity index (χ1n) is 9.20. The Bertz CT molecular complexity index is 945. The maximum atomic E-state index is 12.7. The number of anilines is 1. The van der Waals surface area contributed by atoms with Gasteiger partial charge in [-0.25, -0.2) is 8.42 Å². The molecule has 1 atom stereocenters. The van der Waals surface area contributed by atoms with E-state index < -0.39 is 16.1 Å². The van der Waals surface area contributed by atoms with E-state index in [0.717, 1.165) is 5.56 Å². The van der Waals surface area contributed by atoms with E-state index in [1.165, 1.54) is 4.31 Å². The summed E-state index contributed by atoms with van der Waals surface area (Å²) in [5.41, 5.74) is 1.29. The van der Waals surface area contributed by atoms with Crippen LogP contribution >= 0.6 is 0 Å². The van der Waals surface area contributed by atoms with Crippen molar-refractivity contribution in [1.29, 1.82) is 0 Å². The third-order valence-electron chi connectivity index (χ3n) is 4.45. The van der Waals surface area contributed by atoms with Gasteiger partial charge in [0.15, 0.2) is 6.10 Å². The third kappa shape index (κ3) is 4.22. The first-order chi connectivity index (χ1) is 13.5. The van der Waals surface area contributed by atoms with Crippen molar-refractivity contribution >= 4 is 21.6 Å². The van der Waals surface area contributed by atoms with Crippen LogP contribution in [0.3, 0.4) is 0 Å². The minimum atomic E-state index is -3.53. The average molecular weight is 404 g/mol. The molecule has 0 fully saturated rings. The van der Waals surface area contributed by atoms with Gasteiger partial charge in [0.05, 0.1) is 24.6 Å². The number of hydrogen-bond acceptors (Lipinski definition) is 5. The highest BCUT2D eigenvalue weighted by atomic mass is 32.2. The van der Waals surface area contributed by atoms with Crippen molar-refractivity contribution in [2.24, 2.45) is 0 Å². The summed E-state index contributed by atoms with van der Waals surface area (Å²) in [7, 11) is -3.53. The molecule has 0 saturated carbocycles. The standard InChI is InChI=1S/C20H24N2O5S/c1-3-26-17-11-7-5-9-15(17)13-21-20(23)19-14-22(28(24,25)4-2)16-10-6-8-12-18(16)27-19/h5-12,19H,3-4,13-14H2,1-2H3,(H,21,23)/t19-/m1/s1. The molecule has 8 heteroatoms. The van der Waals surface area contributed by atoms with Crippen LogP contribution < -0.4 is 19.1 Å². The molecule has 3 rings (SSSR count). The Morgan fingerprint density at radius 2 is 1.89 bits per heavy atom. The van der Waals surface area contributed by atoms with Gasteiger partial charge in [0, 0.05) is 12.1 Å². The summed E-state index contributed by atoms with van der Waals surface area (Å²) in [5.74, 6) is 0.644. The summed E-state index contributed by atoms with van der Waals surface area (Å²) < 4.78 is 37.6. The summed E-state index contributed by atoms with van der Waals surface area (Å²) >= 11 is 0. The van der Waals surface area contributed by atoms with Gasteiger partial charge in [-0.05, 0) is 32.0 Å². The van der Waals surface area contributed by atoms with Gasteiger partial charge in [-0.2, -0.15) is 0 Å². The predicted molar refractivity (Wildman–Crippen MR) is 107 cm³/mol. The lowest BCUT2D eigenvalue weighted by atomic mass is 10.2. The first kappa shape index (κ1) is 20.0. The Morgan fingerprint density at radius 3 is 2.64 bits per heavy atom. The van der Waals surface area contributed by atoms with Crippen molar-refractivity contribution in [2.75, 3.05) is 23.2 Å². The van der Waals surface area contributed by atoms with E-state index in [4.69, 9.17) is 9.47 Å². The normalized spacial score (nSPS) is 16.1. The molecule has 0 unspecified atom stereocenters. The molecule has 7 nitrogen and oxygen atoms in total. The molecule has 0 aliphatic carbocycles. The Morgan fingerprint density at radius 1 is 1.18 bits per heavy atom. The fourth-order valence-electron chi connectivity index (χ4n) is 3.00. The highest BCUT2D eigenvalue weighted by Gasteiger charge is 2.35. The molecule has 0 bridgehead atoms. The quantitative estimate of drug-likeness (QED) is 0.766. The summed E-state index contributed by atoms with van der Waals surface area (Å²) in [6.45, 7) is 4.19.